The number of carbonyl (C=O) groups is 2. The molecule has 6 nitrogen and oxygen atoms in total. The molecule has 27 heavy (non-hydrogen) atoms. The second-order valence-electron chi connectivity index (χ2n) is 6.02. The molecule has 0 saturated carbocycles. The smallest absolute Gasteiger partial charge is 0.253 e. The highest BCUT2D eigenvalue weighted by Crippen LogP contribution is 2.24. The van der Waals surface area contributed by atoms with E-state index in [0.29, 0.717) is 30.8 Å². The number of methoxy groups -OCH3 is 1. The number of para-hydroxylation sites is 1. The Labute approximate surface area is 165 Å². The number of amides is 2. The number of benzene rings is 2. The summed E-state index contributed by atoms with van der Waals surface area (Å²) in [6.07, 6.45) is 0.298. The van der Waals surface area contributed by atoms with Gasteiger partial charge in [0.05, 0.1) is 18.4 Å². The van der Waals surface area contributed by atoms with Crippen molar-refractivity contribution >= 4 is 29.9 Å². The fourth-order valence-electron chi connectivity index (χ4n) is 2.62. The first-order valence-electron chi connectivity index (χ1n) is 8.56. The molecular weight excluding hydrogens is 366 g/mol. The van der Waals surface area contributed by atoms with Crippen LogP contribution in [-0.2, 0) is 4.79 Å². The average Bonchev–Trinajstić information content (AvgIpc) is 2.66. The van der Waals surface area contributed by atoms with E-state index in [1.807, 2.05) is 31.2 Å². The van der Waals surface area contributed by atoms with E-state index < -0.39 is 0 Å². The summed E-state index contributed by atoms with van der Waals surface area (Å²) in [6, 6.07) is 14.6. The molecule has 7 heteroatoms. The van der Waals surface area contributed by atoms with Crippen LogP contribution in [0.1, 0.15) is 35.2 Å². The molecule has 0 aliphatic rings. The molecular formula is C20H26ClN3O3. The second kappa shape index (κ2) is 11.2. The highest BCUT2D eigenvalue weighted by atomic mass is 35.5. The molecule has 2 rings (SSSR count). The van der Waals surface area contributed by atoms with E-state index in [-0.39, 0.29) is 30.1 Å². The van der Waals surface area contributed by atoms with Gasteiger partial charge in [-0.25, -0.2) is 0 Å². The van der Waals surface area contributed by atoms with Crippen molar-refractivity contribution in [1.82, 2.24) is 5.32 Å². The molecule has 0 saturated heterocycles. The van der Waals surface area contributed by atoms with Gasteiger partial charge in [0.25, 0.3) is 5.91 Å². The molecule has 0 heterocycles. The molecule has 2 aromatic rings. The van der Waals surface area contributed by atoms with Gasteiger partial charge in [0.2, 0.25) is 5.91 Å². The minimum atomic E-state index is -0.257. The van der Waals surface area contributed by atoms with E-state index in [1.54, 1.807) is 31.4 Å². The topological polar surface area (TPSA) is 93.4 Å². The summed E-state index contributed by atoms with van der Waals surface area (Å²) in [5, 5.41) is 5.55. The van der Waals surface area contributed by atoms with E-state index in [2.05, 4.69) is 10.6 Å². The van der Waals surface area contributed by atoms with E-state index >= 15 is 0 Å². The van der Waals surface area contributed by atoms with Gasteiger partial charge in [-0.1, -0.05) is 31.2 Å². The predicted octanol–water partition coefficient (Wildman–Crippen LogP) is 2.94. The molecule has 0 bridgehead atoms. The van der Waals surface area contributed by atoms with Gasteiger partial charge in [0, 0.05) is 19.5 Å². The van der Waals surface area contributed by atoms with Gasteiger partial charge < -0.3 is 21.1 Å². The number of rotatable bonds is 8. The zero-order valence-corrected chi connectivity index (χ0v) is 16.3. The Balaban J connectivity index is 0.00000364. The van der Waals surface area contributed by atoms with Crippen LogP contribution < -0.4 is 21.1 Å². The van der Waals surface area contributed by atoms with E-state index in [4.69, 9.17) is 10.5 Å². The zero-order valence-electron chi connectivity index (χ0n) is 15.5. The van der Waals surface area contributed by atoms with Crippen molar-refractivity contribution in [3.63, 3.8) is 0 Å². The minimum Gasteiger partial charge on any atom is -0.497 e. The van der Waals surface area contributed by atoms with Gasteiger partial charge in [0.1, 0.15) is 5.75 Å². The summed E-state index contributed by atoms with van der Waals surface area (Å²) in [6.45, 7) is 2.72. The highest BCUT2D eigenvalue weighted by molar-refractivity contribution is 6.03. The van der Waals surface area contributed by atoms with Crippen molar-refractivity contribution < 1.29 is 14.3 Å². The number of ether oxygens (including phenoxy) is 1. The normalized spacial score (nSPS) is 11.1. The van der Waals surface area contributed by atoms with Crippen LogP contribution in [-0.4, -0.2) is 32.0 Å². The summed E-state index contributed by atoms with van der Waals surface area (Å²) in [5.41, 5.74) is 7.34. The molecule has 4 N–H and O–H groups in total. The summed E-state index contributed by atoms with van der Waals surface area (Å²) >= 11 is 0. The van der Waals surface area contributed by atoms with Crippen LogP contribution in [0.4, 0.5) is 5.69 Å². The fraction of sp³-hybridized carbons (Fsp3) is 0.300. The van der Waals surface area contributed by atoms with Crippen molar-refractivity contribution in [2.24, 2.45) is 5.73 Å². The first-order valence-corrected chi connectivity index (χ1v) is 8.56. The van der Waals surface area contributed by atoms with Crippen LogP contribution in [0.2, 0.25) is 0 Å². The third-order valence-corrected chi connectivity index (χ3v) is 4.03. The first-order chi connectivity index (χ1) is 12.5. The number of hydrogen-bond acceptors (Lipinski definition) is 4. The summed E-state index contributed by atoms with van der Waals surface area (Å²) in [5.74, 6) is 0.367. The Morgan fingerprint density at radius 3 is 2.59 bits per heavy atom. The second-order valence-corrected chi connectivity index (χ2v) is 6.02. The van der Waals surface area contributed by atoms with Gasteiger partial charge in [-0.15, -0.1) is 12.4 Å². The van der Waals surface area contributed by atoms with Crippen molar-refractivity contribution in [3.8, 4) is 5.75 Å². The summed E-state index contributed by atoms with van der Waals surface area (Å²) < 4.78 is 5.23. The van der Waals surface area contributed by atoms with Crippen LogP contribution in [0, 0.1) is 0 Å². The third kappa shape index (κ3) is 6.58. The Morgan fingerprint density at radius 1 is 1.15 bits per heavy atom. The molecule has 0 aliphatic carbocycles. The maximum atomic E-state index is 12.4. The lowest BCUT2D eigenvalue weighted by molar-refractivity contribution is -0.116. The molecule has 1 atom stereocenters. The van der Waals surface area contributed by atoms with Crippen LogP contribution in [0.25, 0.3) is 0 Å². The standard InChI is InChI=1S/C20H25N3O3.ClH/c1-14(15-6-5-7-16(13-15)26-2)12-19(24)23-18-9-4-3-8-17(18)20(25)22-11-10-21;/h3-9,13-14H,10-12,21H2,1-2H3,(H,22,25)(H,23,24);1H. The maximum absolute atomic E-state index is 12.4. The monoisotopic (exact) mass is 391 g/mol. The van der Waals surface area contributed by atoms with Crippen molar-refractivity contribution in [1.29, 1.82) is 0 Å². The van der Waals surface area contributed by atoms with Crippen molar-refractivity contribution in [2.75, 3.05) is 25.5 Å². The SMILES string of the molecule is COc1cccc(C(C)CC(=O)Nc2ccccc2C(=O)NCCN)c1.Cl. The van der Waals surface area contributed by atoms with Crippen LogP contribution in [0.5, 0.6) is 5.75 Å². The predicted molar refractivity (Wildman–Crippen MR) is 110 cm³/mol. The molecule has 0 aliphatic heterocycles. The molecule has 0 spiro atoms. The van der Waals surface area contributed by atoms with Crippen LogP contribution >= 0.6 is 12.4 Å². The van der Waals surface area contributed by atoms with Gasteiger partial charge in [0.15, 0.2) is 0 Å². The largest absolute Gasteiger partial charge is 0.497 e. The fourth-order valence-corrected chi connectivity index (χ4v) is 2.62. The highest BCUT2D eigenvalue weighted by Gasteiger charge is 2.15. The average molecular weight is 392 g/mol. The summed E-state index contributed by atoms with van der Waals surface area (Å²) in [7, 11) is 1.61. The number of hydrogen-bond donors (Lipinski definition) is 3. The molecule has 146 valence electrons. The number of nitrogens with one attached hydrogen (secondary N) is 2. The van der Waals surface area contributed by atoms with Gasteiger partial charge in [-0.05, 0) is 35.7 Å². The lowest BCUT2D eigenvalue weighted by Crippen LogP contribution is -2.30. The Bertz CT molecular complexity index is 768. The molecule has 0 aromatic heterocycles. The van der Waals surface area contributed by atoms with Crippen LogP contribution in [0.15, 0.2) is 48.5 Å². The number of nitrogens with two attached hydrogens (primary N) is 1. The molecule has 0 fully saturated rings. The van der Waals surface area contributed by atoms with Gasteiger partial charge in [-0.2, -0.15) is 0 Å². The molecule has 2 amide bonds. The zero-order chi connectivity index (χ0) is 18.9. The first kappa shape index (κ1) is 22.5. The van der Waals surface area contributed by atoms with Crippen molar-refractivity contribution in [3.05, 3.63) is 59.7 Å². The molecule has 2 aromatic carbocycles. The van der Waals surface area contributed by atoms with Gasteiger partial charge in [-0.3, -0.25) is 9.59 Å². The number of halogens is 1. The Morgan fingerprint density at radius 2 is 1.89 bits per heavy atom. The Hall–Kier alpha value is -2.57. The quantitative estimate of drug-likeness (QED) is 0.644. The van der Waals surface area contributed by atoms with Crippen molar-refractivity contribution in [2.45, 2.75) is 19.3 Å². The lowest BCUT2D eigenvalue weighted by atomic mass is 9.97. The number of anilines is 1. The van der Waals surface area contributed by atoms with Crippen LogP contribution in [0.3, 0.4) is 0 Å². The molecule has 0 radical (unpaired) electrons. The lowest BCUT2D eigenvalue weighted by Gasteiger charge is -2.15. The van der Waals surface area contributed by atoms with Gasteiger partial charge >= 0.3 is 0 Å². The molecule has 1 unspecified atom stereocenters. The van der Waals surface area contributed by atoms with E-state index in [9.17, 15) is 9.59 Å². The number of carbonyl (C=O) groups excluding carboxylic acids is 2. The maximum Gasteiger partial charge on any atom is 0.253 e. The van der Waals surface area contributed by atoms with E-state index in [0.717, 1.165) is 11.3 Å². The third-order valence-electron chi connectivity index (χ3n) is 4.03. The van der Waals surface area contributed by atoms with E-state index in [1.165, 1.54) is 0 Å². The summed E-state index contributed by atoms with van der Waals surface area (Å²) in [4.78, 5) is 24.6. The Kier molecular flexibility index (Phi) is 9.33. The minimum absolute atomic E-state index is 0.